The van der Waals surface area contributed by atoms with Gasteiger partial charge in [0, 0.05) is 16.8 Å². The van der Waals surface area contributed by atoms with Crippen molar-refractivity contribution in [3.8, 4) is 17.0 Å². The summed E-state index contributed by atoms with van der Waals surface area (Å²) in [4.78, 5) is 12.5. The number of nitrogens with zero attached hydrogens (tertiary/aromatic N) is 1. The minimum Gasteiger partial charge on any atom is -0.497 e. The molecule has 4 rings (SSSR count). The molecule has 25 heavy (non-hydrogen) atoms. The van der Waals surface area contributed by atoms with Gasteiger partial charge in [0.25, 0.3) is 5.91 Å². The number of nitrogens with one attached hydrogen (secondary N) is 2. The normalized spacial score (nSPS) is 12.2. The molecule has 1 aliphatic carbocycles. The number of hydrogen-bond donors (Lipinski definition) is 2. The van der Waals surface area contributed by atoms with E-state index in [1.165, 1.54) is 24.3 Å². The Hall–Kier alpha value is -3.15. The molecule has 5 nitrogen and oxygen atoms in total. The van der Waals surface area contributed by atoms with Gasteiger partial charge in [-0.25, -0.2) is 4.39 Å². The zero-order valence-corrected chi connectivity index (χ0v) is 13.6. The molecule has 0 spiro atoms. The lowest BCUT2D eigenvalue weighted by Crippen LogP contribution is -2.15. The first-order valence-electron chi connectivity index (χ1n) is 7.97. The molecule has 0 radical (unpaired) electrons. The number of aromatic nitrogens is 2. The number of aryl methyl sites for hydroxylation is 1. The highest BCUT2D eigenvalue weighted by Gasteiger charge is 2.25. The number of anilines is 1. The van der Waals surface area contributed by atoms with E-state index < -0.39 is 0 Å². The van der Waals surface area contributed by atoms with E-state index in [4.69, 9.17) is 4.74 Å². The van der Waals surface area contributed by atoms with Crippen LogP contribution >= 0.6 is 0 Å². The van der Waals surface area contributed by atoms with Gasteiger partial charge in [-0.1, -0.05) is 0 Å². The third-order valence-electron chi connectivity index (χ3n) is 4.41. The number of aromatic amines is 1. The number of H-pyrrole nitrogens is 1. The Kier molecular flexibility index (Phi) is 3.72. The van der Waals surface area contributed by atoms with Crippen molar-refractivity contribution in [1.29, 1.82) is 0 Å². The van der Waals surface area contributed by atoms with Crippen molar-refractivity contribution < 1.29 is 13.9 Å². The highest BCUT2D eigenvalue weighted by atomic mass is 19.1. The van der Waals surface area contributed by atoms with Gasteiger partial charge in [-0.2, -0.15) is 5.10 Å². The molecule has 1 heterocycles. The lowest BCUT2D eigenvalue weighted by Gasteiger charge is -2.17. The maximum atomic E-state index is 13.0. The number of fused-ring (bicyclic) bond motifs is 3. The average Bonchev–Trinajstić information content (AvgIpc) is 3.07. The zero-order valence-electron chi connectivity index (χ0n) is 13.6. The van der Waals surface area contributed by atoms with E-state index in [9.17, 15) is 9.18 Å². The first-order valence-corrected chi connectivity index (χ1v) is 7.97. The second kappa shape index (κ2) is 6.05. The van der Waals surface area contributed by atoms with Gasteiger partial charge in [0.05, 0.1) is 12.8 Å². The highest BCUT2D eigenvalue weighted by molar-refractivity contribution is 6.05. The van der Waals surface area contributed by atoms with Gasteiger partial charge in [-0.05, 0) is 60.9 Å². The standard InChI is InChI=1S/C19H16FN3O2/c1-25-14-7-9-15-11(10-14)2-8-16-17(15)22-23-18(16)19(24)21-13-5-3-12(20)4-6-13/h3-7,9-10H,2,8H2,1H3,(H,21,24)(H,22,23). The maximum Gasteiger partial charge on any atom is 0.273 e. The van der Waals surface area contributed by atoms with E-state index in [1.54, 1.807) is 7.11 Å². The van der Waals surface area contributed by atoms with Crippen LogP contribution in [0.25, 0.3) is 11.3 Å². The largest absolute Gasteiger partial charge is 0.497 e. The van der Waals surface area contributed by atoms with Gasteiger partial charge in [0.15, 0.2) is 0 Å². The summed E-state index contributed by atoms with van der Waals surface area (Å²) in [5, 5.41) is 9.96. The van der Waals surface area contributed by atoms with Gasteiger partial charge < -0.3 is 10.1 Å². The molecular weight excluding hydrogens is 321 g/mol. The smallest absolute Gasteiger partial charge is 0.273 e. The molecule has 3 aromatic rings. The van der Waals surface area contributed by atoms with Crippen LogP contribution in [-0.4, -0.2) is 23.2 Å². The van der Waals surface area contributed by atoms with Gasteiger partial charge in [-0.15, -0.1) is 0 Å². The van der Waals surface area contributed by atoms with Gasteiger partial charge in [0.2, 0.25) is 0 Å². The summed E-state index contributed by atoms with van der Waals surface area (Å²) in [6, 6.07) is 11.5. The molecule has 0 saturated carbocycles. The fraction of sp³-hybridized carbons (Fsp3) is 0.158. The summed E-state index contributed by atoms with van der Waals surface area (Å²) >= 11 is 0. The second-order valence-electron chi connectivity index (χ2n) is 5.91. The maximum absolute atomic E-state index is 13.0. The van der Waals surface area contributed by atoms with Crippen LogP contribution in [0.1, 0.15) is 21.6 Å². The fourth-order valence-corrected chi connectivity index (χ4v) is 3.14. The second-order valence-corrected chi connectivity index (χ2v) is 5.91. The van der Waals surface area contributed by atoms with Crippen LogP contribution in [0.15, 0.2) is 42.5 Å². The molecule has 126 valence electrons. The Bertz CT molecular complexity index is 948. The summed E-state index contributed by atoms with van der Waals surface area (Å²) < 4.78 is 18.2. The van der Waals surface area contributed by atoms with Crippen LogP contribution in [0.2, 0.25) is 0 Å². The van der Waals surface area contributed by atoms with Gasteiger partial charge >= 0.3 is 0 Å². The number of halogens is 1. The van der Waals surface area contributed by atoms with Crippen molar-refractivity contribution in [2.24, 2.45) is 0 Å². The van der Waals surface area contributed by atoms with Crippen molar-refractivity contribution in [3.63, 3.8) is 0 Å². The van der Waals surface area contributed by atoms with Crippen molar-refractivity contribution in [2.45, 2.75) is 12.8 Å². The van der Waals surface area contributed by atoms with Crippen molar-refractivity contribution in [2.75, 3.05) is 12.4 Å². The third-order valence-corrected chi connectivity index (χ3v) is 4.41. The number of rotatable bonds is 3. The van der Waals surface area contributed by atoms with Crippen molar-refractivity contribution >= 4 is 11.6 Å². The van der Waals surface area contributed by atoms with E-state index in [2.05, 4.69) is 15.5 Å². The lowest BCUT2D eigenvalue weighted by molar-refractivity contribution is 0.102. The SMILES string of the molecule is COc1ccc2c(c1)CCc1c-2n[nH]c1C(=O)Nc1ccc(F)cc1. The molecule has 1 amide bonds. The Morgan fingerprint density at radius 1 is 1.20 bits per heavy atom. The van der Waals surface area contributed by atoms with Crippen LogP contribution in [0.5, 0.6) is 5.75 Å². The number of carbonyl (C=O) groups excluding carboxylic acids is 1. The van der Waals surface area contributed by atoms with Crippen LogP contribution in [0.3, 0.4) is 0 Å². The van der Waals surface area contributed by atoms with Crippen LogP contribution in [-0.2, 0) is 12.8 Å². The molecule has 0 fully saturated rings. The quantitative estimate of drug-likeness (QED) is 0.768. The monoisotopic (exact) mass is 337 g/mol. The molecular formula is C19H16FN3O2. The van der Waals surface area contributed by atoms with E-state index in [1.807, 2.05) is 18.2 Å². The number of ether oxygens (including phenoxy) is 1. The summed E-state index contributed by atoms with van der Waals surface area (Å²) in [7, 11) is 1.64. The van der Waals surface area contributed by atoms with Crippen molar-refractivity contribution in [3.05, 3.63) is 65.1 Å². The van der Waals surface area contributed by atoms with E-state index in [0.717, 1.165) is 41.0 Å². The molecule has 2 aromatic carbocycles. The molecule has 0 bridgehead atoms. The minimum atomic E-state index is -0.344. The number of hydrogen-bond acceptors (Lipinski definition) is 3. The van der Waals surface area contributed by atoms with Crippen molar-refractivity contribution in [1.82, 2.24) is 10.2 Å². The van der Waals surface area contributed by atoms with E-state index in [-0.39, 0.29) is 11.7 Å². The first kappa shape index (κ1) is 15.4. The molecule has 0 atom stereocenters. The molecule has 6 heteroatoms. The van der Waals surface area contributed by atoms with Gasteiger partial charge in [-0.3, -0.25) is 9.89 Å². The fourth-order valence-electron chi connectivity index (χ4n) is 3.14. The number of benzene rings is 2. The average molecular weight is 337 g/mol. The Balaban J connectivity index is 1.64. The topological polar surface area (TPSA) is 67.0 Å². The minimum absolute atomic E-state index is 0.280. The summed E-state index contributed by atoms with van der Waals surface area (Å²) in [5.74, 6) is 0.188. The first-order chi connectivity index (χ1) is 12.2. The Morgan fingerprint density at radius 3 is 2.76 bits per heavy atom. The predicted octanol–water partition coefficient (Wildman–Crippen LogP) is 3.58. The lowest BCUT2D eigenvalue weighted by atomic mass is 9.89. The molecule has 0 unspecified atom stereocenters. The molecule has 1 aromatic heterocycles. The molecule has 1 aliphatic rings. The summed E-state index contributed by atoms with van der Waals surface area (Å²) in [6.07, 6.45) is 1.54. The van der Waals surface area contributed by atoms with Gasteiger partial charge in [0.1, 0.15) is 17.3 Å². The number of methoxy groups -OCH3 is 1. The molecule has 0 saturated heterocycles. The molecule has 0 aliphatic heterocycles. The highest BCUT2D eigenvalue weighted by Crippen LogP contribution is 2.35. The number of amides is 1. The zero-order chi connectivity index (χ0) is 17.4. The summed E-state index contributed by atoms with van der Waals surface area (Å²) in [5.41, 5.74) is 4.85. The van der Waals surface area contributed by atoms with Crippen LogP contribution < -0.4 is 10.1 Å². The molecule has 2 N–H and O–H groups in total. The van der Waals surface area contributed by atoms with Crippen LogP contribution in [0.4, 0.5) is 10.1 Å². The third kappa shape index (κ3) is 2.76. The van der Waals surface area contributed by atoms with E-state index in [0.29, 0.717) is 11.4 Å². The number of carbonyl (C=O) groups is 1. The van der Waals surface area contributed by atoms with Crippen LogP contribution in [0, 0.1) is 5.82 Å². The Labute approximate surface area is 143 Å². The summed E-state index contributed by atoms with van der Waals surface area (Å²) in [6.45, 7) is 0. The Morgan fingerprint density at radius 2 is 2.00 bits per heavy atom. The van der Waals surface area contributed by atoms with E-state index >= 15 is 0 Å². The predicted molar refractivity (Wildman–Crippen MR) is 92.3 cm³/mol.